The molecule has 2 atom stereocenters. The van der Waals surface area contributed by atoms with Gasteiger partial charge in [0.25, 0.3) is 0 Å². The molecule has 1 aromatic rings. The van der Waals surface area contributed by atoms with Crippen molar-refractivity contribution in [2.45, 2.75) is 31.5 Å². The van der Waals surface area contributed by atoms with Gasteiger partial charge in [-0.25, -0.2) is 0 Å². The van der Waals surface area contributed by atoms with Crippen LogP contribution in [0.2, 0.25) is 0 Å². The predicted molar refractivity (Wildman–Crippen MR) is 101 cm³/mol. The van der Waals surface area contributed by atoms with E-state index in [9.17, 15) is 27.6 Å². The number of rotatable bonds is 3. The fourth-order valence-corrected chi connectivity index (χ4v) is 4.23. The number of carbonyl (C=O) groups is 3. The van der Waals surface area contributed by atoms with Crippen molar-refractivity contribution in [2.75, 3.05) is 26.7 Å². The minimum atomic E-state index is -4.61. The average molecular weight is 424 g/mol. The van der Waals surface area contributed by atoms with Crippen LogP contribution in [0.4, 0.5) is 13.2 Å². The zero-order valence-corrected chi connectivity index (χ0v) is 16.6. The molecule has 0 aliphatic carbocycles. The second kappa shape index (κ2) is 8.49. The molecule has 2 amide bonds. The van der Waals surface area contributed by atoms with Gasteiger partial charge in [0.05, 0.1) is 24.5 Å². The van der Waals surface area contributed by atoms with Gasteiger partial charge >= 0.3 is 12.1 Å². The highest BCUT2D eigenvalue weighted by Crippen LogP contribution is 2.39. The Morgan fingerprint density at radius 3 is 2.57 bits per heavy atom. The van der Waals surface area contributed by atoms with E-state index in [-0.39, 0.29) is 42.6 Å². The molecule has 1 fully saturated rings. The number of amides is 2. The molecule has 162 valence electrons. The monoisotopic (exact) mass is 424 g/mol. The maximum atomic E-state index is 13.6. The summed E-state index contributed by atoms with van der Waals surface area (Å²) in [5, 5.41) is 0. The molecule has 0 N–H and O–H groups in total. The van der Waals surface area contributed by atoms with Crippen molar-refractivity contribution in [1.29, 1.82) is 0 Å². The van der Waals surface area contributed by atoms with Gasteiger partial charge in [0.15, 0.2) is 0 Å². The zero-order chi connectivity index (χ0) is 22.1. The molecule has 0 aromatic heterocycles. The Hall–Kier alpha value is -2.84. The third-order valence-corrected chi connectivity index (χ3v) is 5.70. The summed E-state index contributed by atoms with van der Waals surface area (Å²) in [5.41, 5.74) is -0.721. The molecule has 1 aromatic carbocycles. The van der Waals surface area contributed by atoms with Crippen molar-refractivity contribution in [3.05, 3.63) is 47.5 Å². The third-order valence-electron chi connectivity index (χ3n) is 5.70. The number of benzene rings is 1. The minimum absolute atomic E-state index is 0.0638. The van der Waals surface area contributed by atoms with Crippen molar-refractivity contribution >= 4 is 17.8 Å². The summed E-state index contributed by atoms with van der Waals surface area (Å²) >= 11 is 0. The van der Waals surface area contributed by atoms with Crippen LogP contribution < -0.4 is 0 Å². The molecule has 6 nitrogen and oxygen atoms in total. The summed E-state index contributed by atoms with van der Waals surface area (Å²) in [6, 6.07) is 3.68. The lowest BCUT2D eigenvalue weighted by molar-refractivity contribution is -0.148. The Labute approximate surface area is 172 Å². The second-order valence-corrected chi connectivity index (χ2v) is 7.49. The van der Waals surface area contributed by atoms with Crippen molar-refractivity contribution in [3.63, 3.8) is 0 Å². The standard InChI is InChI=1S/C21H23F3N2O4/c1-3-18(27)25-9-5-6-13(10-25)19(28)26-11-15-14(16(12-26)20(29)30-2)7-4-8-17(15)21(22,23)24/h3-4,7-8,13,16H,1,5-6,9-12H2,2H3. The van der Waals surface area contributed by atoms with Crippen LogP contribution in [0.1, 0.15) is 35.4 Å². The van der Waals surface area contributed by atoms with Crippen molar-refractivity contribution in [1.82, 2.24) is 9.80 Å². The number of methoxy groups -OCH3 is 1. The number of alkyl halides is 3. The number of carbonyl (C=O) groups excluding carboxylic acids is 3. The smallest absolute Gasteiger partial charge is 0.416 e. The van der Waals surface area contributed by atoms with E-state index < -0.39 is 29.5 Å². The van der Waals surface area contributed by atoms with E-state index in [1.54, 1.807) is 0 Å². The summed E-state index contributed by atoms with van der Waals surface area (Å²) in [5.74, 6) is -2.89. The van der Waals surface area contributed by atoms with E-state index in [0.717, 1.165) is 13.2 Å². The quantitative estimate of drug-likeness (QED) is 0.553. The van der Waals surface area contributed by atoms with E-state index in [4.69, 9.17) is 4.74 Å². The molecule has 0 bridgehead atoms. The van der Waals surface area contributed by atoms with Gasteiger partial charge in [-0.2, -0.15) is 13.2 Å². The van der Waals surface area contributed by atoms with Crippen molar-refractivity contribution in [3.8, 4) is 0 Å². The first-order valence-electron chi connectivity index (χ1n) is 9.64. The number of likely N-dealkylation sites (tertiary alicyclic amines) is 1. The van der Waals surface area contributed by atoms with Crippen molar-refractivity contribution < 1.29 is 32.3 Å². The first-order chi connectivity index (χ1) is 14.2. The molecule has 30 heavy (non-hydrogen) atoms. The summed E-state index contributed by atoms with van der Waals surface area (Å²) in [6.45, 7) is 3.81. The van der Waals surface area contributed by atoms with Crippen LogP contribution in [0.3, 0.4) is 0 Å². The maximum Gasteiger partial charge on any atom is 0.416 e. The van der Waals surface area contributed by atoms with E-state index in [2.05, 4.69) is 6.58 Å². The average Bonchev–Trinajstić information content (AvgIpc) is 2.75. The Morgan fingerprint density at radius 1 is 1.20 bits per heavy atom. The minimum Gasteiger partial charge on any atom is -0.468 e. The number of halogens is 3. The van der Waals surface area contributed by atoms with Gasteiger partial charge in [0.2, 0.25) is 11.8 Å². The van der Waals surface area contributed by atoms with Crippen LogP contribution >= 0.6 is 0 Å². The molecule has 2 heterocycles. The highest BCUT2D eigenvalue weighted by Gasteiger charge is 2.42. The van der Waals surface area contributed by atoms with E-state index >= 15 is 0 Å². The number of hydrogen-bond acceptors (Lipinski definition) is 4. The normalized spacial score (nSPS) is 21.6. The van der Waals surface area contributed by atoms with Gasteiger partial charge in [-0.15, -0.1) is 0 Å². The number of nitrogens with zero attached hydrogens (tertiary/aromatic N) is 2. The summed E-state index contributed by atoms with van der Waals surface area (Å²) in [7, 11) is 1.16. The second-order valence-electron chi connectivity index (χ2n) is 7.49. The number of hydrogen-bond donors (Lipinski definition) is 0. The molecule has 2 unspecified atom stereocenters. The Morgan fingerprint density at radius 2 is 1.93 bits per heavy atom. The fraction of sp³-hybridized carbons (Fsp3) is 0.476. The molecule has 0 spiro atoms. The molecule has 3 rings (SSSR count). The largest absolute Gasteiger partial charge is 0.468 e. The SMILES string of the molecule is C=CC(=O)N1CCCC(C(=O)N2Cc3c(cccc3C(F)(F)F)C(C(=O)OC)C2)C1. The van der Waals surface area contributed by atoms with Crippen LogP contribution in [0.15, 0.2) is 30.9 Å². The van der Waals surface area contributed by atoms with Gasteiger partial charge in [-0.3, -0.25) is 14.4 Å². The third kappa shape index (κ3) is 4.20. The number of fused-ring (bicyclic) bond motifs is 1. The maximum absolute atomic E-state index is 13.6. The summed E-state index contributed by atoms with van der Waals surface area (Å²) in [6.07, 6.45) is -2.31. The highest BCUT2D eigenvalue weighted by molar-refractivity contribution is 5.88. The molecule has 9 heteroatoms. The number of ether oxygens (including phenoxy) is 1. The Bertz CT molecular complexity index is 868. The first-order valence-corrected chi connectivity index (χ1v) is 9.64. The van der Waals surface area contributed by atoms with Crippen LogP contribution in [0.25, 0.3) is 0 Å². The molecular weight excluding hydrogens is 401 g/mol. The number of esters is 1. The van der Waals surface area contributed by atoms with Crippen LogP contribution in [0, 0.1) is 5.92 Å². The first kappa shape index (κ1) is 21.9. The topological polar surface area (TPSA) is 66.9 Å². The van der Waals surface area contributed by atoms with Gasteiger partial charge in [-0.1, -0.05) is 18.7 Å². The van der Waals surface area contributed by atoms with E-state index in [0.29, 0.717) is 19.4 Å². The molecule has 2 aliphatic heterocycles. The molecule has 1 saturated heterocycles. The molecule has 2 aliphatic rings. The predicted octanol–water partition coefficient (Wildman–Crippen LogP) is 2.73. The van der Waals surface area contributed by atoms with E-state index in [1.807, 2.05) is 0 Å². The van der Waals surface area contributed by atoms with Crippen LogP contribution in [-0.4, -0.2) is 54.3 Å². The van der Waals surface area contributed by atoms with Crippen LogP contribution in [0.5, 0.6) is 0 Å². The lowest BCUT2D eigenvalue weighted by atomic mass is 9.85. The summed E-state index contributed by atoms with van der Waals surface area (Å²) in [4.78, 5) is 40.2. The van der Waals surface area contributed by atoms with Crippen LogP contribution in [-0.2, 0) is 31.8 Å². The van der Waals surface area contributed by atoms with Crippen molar-refractivity contribution in [2.24, 2.45) is 5.92 Å². The lowest BCUT2D eigenvalue weighted by Crippen LogP contribution is -2.49. The molecule has 0 saturated carbocycles. The van der Waals surface area contributed by atoms with Gasteiger partial charge in [-0.05, 0) is 36.1 Å². The lowest BCUT2D eigenvalue weighted by Gasteiger charge is -2.39. The summed E-state index contributed by atoms with van der Waals surface area (Å²) < 4.78 is 45.5. The number of piperidine rings is 1. The van der Waals surface area contributed by atoms with Gasteiger partial charge in [0, 0.05) is 26.2 Å². The molecule has 0 radical (unpaired) electrons. The van der Waals surface area contributed by atoms with Gasteiger partial charge in [0.1, 0.15) is 0 Å². The fourth-order valence-electron chi connectivity index (χ4n) is 4.23. The Kier molecular flexibility index (Phi) is 6.19. The van der Waals surface area contributed by atoms with E-state index in [1.165, 1.54) is 28.0 Å². The van der Waals surface area contributed by atoms with Gasteiger partial charge < -0.3 is 14.5 Å². The highest BCUT2D eigenvalue weighted by atomic mass is 19.4. The molecular formula is C21H23F3N2O4. The Balaban J connectivity index is 1.92. The zero-order valence-electron chi connectivity index (χ0n) is 16.6.